The maximum absolute atomic E-state index is 13.6. The molecule has 0 unspecified atom stereocenters. The largest absolute Gasteiger partial charge is 0.337 e. The van der Waals surface area contributed by atoms with Crippen LogP contribution in [0.15, 0.2) is 67.0 Å². The number of benzene rings is 2. The van der Waals surface area contributed by atoms with E-state index in [-0.39, 0.29) is 17.4 Å². The zero-order valence-corrected chi connectivity index (χ0v) is 12.0. The molecule has 0 spiro atoms. The molecular weight excluding hydrogens is 295 g/mol. The summed E-state index contributed by atoms with van der Waals surface area (Å²) in [6, 6.07) is 15.3. The van der Waals surface area contributed by atoms with Crippen molar-refractivity contribution in [2.24, 2.45) is 0 Å². The number of hydrogen-bond acceptors (Lipinski definition) is 4. The number of nitrogens with one attached hydrogen (secondary N) is 2. The molecule has 0 fully saturated rings. The van der Waals surface area contributed by atoms with Crippen LogP contribution in [0, 0.1) is 5.82 Å². The second kappa shape index (κ2) is 6.65. The van der Waals surface area contributed by atoms with E-state index >= 15 is 0 Å². The van der Waals surface area contributed by atoms with Gasteiger partial charge in [-0.2, -0.15) is 0 Å². The van der Waals surface area contributed by atoms with Gasteiger partial charge >= 0.3 is 0 Å². The molecular formula is C17H13FN4O. The molecule has 6 heteroatoms. The average Bonchev–Trinajstić information content (AvgIpc) is 2.58. The fraction of sp³-hybridized carbons (Fsp3) is 0. The van der Waals surface area contributed by atoms with E-state index in [1.807, 2.05) is 18.2 Å². The Morgan fingerprint density at radius 1 is 0.913 bits per heavy atom. The second-order valence-corrected chi connectivity index (χ2v) is 4.71. The van der Waals surface area contributed by atoms with Gasteiger partial charge in [0.15, 0.2) is 0 Å². The normalized spacial score (nSPS) is 10.1. The van der Waals surface area contributed by atoms with Gasteiger partial charge in [-0.25, -0.2) is 14.4 Å². The highest BCUT2D eigenvalue weighted by molar-refractivity contribution is 6.02. The van der Waals surface area contributed by atoms with Crippen LogP contribution < -0.4 is 10.6 Å². The molecule has 0 bridgehead atoms. The SMILES string of the molecule is O=C(Nc1ccccc1)c1cnc(Nc2ccccc2F)cn1. The van der Waals surface area contributed by atoms with Crippen molar-refractivity contribution in [2.45, 2.75) is 0 Å². The Morgan fingerprint density at radius 3 is 2.35 bits per heavy atom. The number of amides is 1. The first kappa shape index (κ1) is 14.6. The summed E-state index contributed by atoms with van der Waals surface area (Å²) in [6.45, 7) is 0. The standard InChI is InChI=1S/C17H13FN4O/c18-13-8-4-5-9-14(13)22-16-11-19-15(10-20-16)17(23)21-12-6-2-1-3-7-12/h1-11H,(H,20,22)(H,21,23). The number of carbonyl (C=O) groups is 1. The minimum Gasteiger partial charge on any atom is -0.337 e. The van der Waals surface area contributed by atoms with Crippen LogP contribution >= 0.6 is 0 Å². The number of para-hydroxylation sites is 2. The van der Waals surface area contributed by atoms with Gasteiger partial charge in [0.25, 0.3) is 5.91 Å². The Bertz CT molecular complexity index is 806. The third-order valence-electron chi connectivity index (χ3n) is 3.05. The van der Waals surface area contributed by atoms with Crippen molar-refractivity contribution in [3.05, 3.63) is 78.5 Å². The lowest BCUT2D eigenvalue weighted by Crippen LogP contribution is -2.14. The van der Waals surface area contributed by atoms with Gasteiger partial charge in [0.1, 0.15) is 17.3 Å². The van der Waals surface area contributed by atoms with Crippen molar-refractivity contribution in [1.82, 2.24) is 9.97 Å². The number of halogens is 1. The smallest absolute Gasteiger partial charge is 0.275 e. The lowest BCUT2D eigenvalue weighted by molar-refractivity contribution is 0.102. The molecule has 3 rings (SSSR count). The van der Waals surface area contributed by atoms with Gasteiger partial charge in [-0.15, -0.1) is 0 Å². The molecule has 0 atom stereocenters. The third kappa shape index (κ3) is 3.68. The summed E-state index contributed by atoms with van der Waals surface area (Å²) in [6.07, 6.45) is 2.72. The van der Waals surface area contributed by atoms with Crippen molar-refractivity contribution >= 4 is 23.1 Å². The number of hydrogen-bond donors (Lipinski definition) is 2. The molecule has 0 radical (unpaired) electrons. The molecule has 1 amide bonds. The van der Waals surface area contributed by atoms with Crippen LogP contribution in [0.5, 0.6) is 0 Å². The Balaban J connectivity index is 1.69. The molecule has 5 nitrogen and oxygen atoms in total. The van der Waals surface area contributed by atoms with Crippen molar-refractivity contribution < 1.29 is 9.18 Å². The summed E-state index contributed by atoms with van der Waals surface area (Å²) in [5.74, 6) is -0.396. The van der Waals surface area contributed by atoms with Crippen LogP contribution in [0.3, 0.4) is 0 Å². The number of carbonyl (C=O) groups excluding carboxylic acids is 1. The first-order chi connectivity index (χ1) is 11.2. The van der Waals surface area contributed by atoms with E-state index in [1.165, 1.54) is 18.5 Å². The Morgan fingerprint density at radius 2 is 1.65 bits per heavy atom. The molecule has 2 aromatic carbocycles. The van der Waals surface area contributed by atoms with Gasteiger partial charge in [0.05, 0.1) is 18.1 Å². The van der Waals surface area contributed by atoms with Crippen LogP contribution in [0.25, 0.3) is 0 Å². The summed E-state index contributed by atoms with van der Waals surface area (Å²) in [4.78, 5) is 20.2. The summed E-state index contributed by atoms with van der Waals surface area (Å²) < 4.78 is 13.6. The minimum atomic E-state index is -0.389. The zero-order valence-electron chi connectivity index (χ0n) is 12.0. The average molecular weight is 308 g/mol. The van der Waals surface area contributed by atoms with Crippen molar-refractivity contribution in [1.29, 1.82) is 0 Å². The highest BCUT2D eigenvalue weighted by atomic mass is 19.1. The summed E-state index contributed by atoms with van der Waals surface area (Å²) in [7, 11) is 0. The Kier molecular flexibility index (Phi) is 4.24. The van der Waals surface area contributed by atoms with E-state index in [0.29, 0.717) is 17.2 Å². The van der Waals surface area contributed by atoms with Crippen molar-refractivity contribution in [2.75, 3.05) is 10.6 Å². The van der Waals surface area contributed by atoms with E-state index in [2.05, 4.69) is 20.6 Å². The summed E-state index contributed by atoms with van der Waals surface area (Å²) >= 11 is 0. The van der Waals surface area contributed by atoms with E-state index in [1.54, 1.807) is 30.3 Å². The zero-order chi connectivity index (χ0) is 16.1. The van der Waals surface area contributed by atoms with Crippen LogP contribution in [0.1, 0.15) is 10.5 Å². The fourth-order valence-corrected chi connectivity index (χ4v) is 1.93. The maximum Gasteiger partial charge on any atom is 0.275 e. The Hall–Kier alpha value is -3.28. The van der Waals surface area contributed by atoms with Crippen LogP contribution in [0.2, 0.25) is 0 Å². The predicted octanol–water partition coefficient (Wildman–Crippen LogP) is 3.61. The fourth-order valence-electron chi connectivity index (χ4n) is 1.93. The molecule has 1 aromatic heterocycles. The first-order valence-corrected chi connectivity index (χ1v) is 6.92. The van der Waals surface area contributed by atoms with E-state index in [9.17, 15) is 9.18 Å². The molecule has 0 aliphatic carbocycles. The molecule has 1 heterocycles. The molecule has 0 aliphatic rings. The van der Waals surface area contributed by atoms with Crippen LogP contribution in [-0.4, -0.2) is 15.9 Å². The van der Waals surface area contributed by atoms with Crippen LogP contribution in [-0.2, 0) is 0 Å². The second-order valence-electron chi connectivity index (χ2n) is 4.71. The lowest BCUT2D eigenvalue weighted by atomic mass is 10.3. The van der Waals surface area contributed by atoms with Gasteiger partial charge in [0, 0.05) is 5.69 Å². The molecule has 0 saturated heterocycles. The van der Waals surface area contributed by atoms with E-state index in [0.717, 1.165) is 0 Å². The van der Waals surface area contributed by atoms with Crippen LogP contribution in [0.4, 0.5) is 21.6 Å². The topological polar surface area (TPSA) is 66.9 Å². The van der Waals surface area contributed by atoms with E-state index < -0.39 is 0 Å². The number of rotatable bonds is 4. The van der Waals surface area contributed by atoms with Gasteiger partial charge in [-0.05, 0) is 24.3 Å². The number of nitrogens with zero attached hydrogens (tertiary/aromatic N) is 2. The van der Waals surface area contributed by atoms with Gasteiger partial charge in [-0.1, -0.05) is 30.3 Å². The summed E-state index contributed by atoms with van der Waals surface area (Å²) in [5.41, 5.74) is 1.14. The summed E-state index contributed by atoms with van der Waals surface area (Å²) in [5, 5.41) is 5.52. The molecule has 3 aromatic rings. The molecule has 114 valence electrons. The number of anilines is 3. The van der Waals surface area contributed by atoms with Gasteiger partial charge < -0.3 is 10.6 Å². The molecule has 0 saturated carbocycles. The molecule has 2 N–H and O–H groups in total. The minimum absolute atomic E-state index is 0.174. The van der Waals surface area contributed by atoms with Gasteiger partial charge in [-0.3, -0.25) is 4.79 Å². The number of aromatic nitrogens is 2. The Labute approximate surface area is 132 Å². The van der Waals surface area contributed by atoms with Gasteiger partial charge in [0.2, 0.25) is 0 Å². The monoisotopic (exact) mass is 308 g/mol. The van der Waals surface area contributed by atoms with Crippen molar-refractivity contribution in [3.8, 4) is 0 Å². The van der Waals surface area contributed by atoms with Crippen molar-refractivity contribution in [3.63, 3.8) is 0 Å². The maximum atomic E-state index is 13.6. The highest BCUT2D eigenvalue weighted by Gasteiger charge is 2.09. The molecule has 0 aliphatic heterocycles. The predicted molar refractivity (Wildman–Crippen MR) is 86.1 cm³/mol. The quantitative estimate of drug-likeness (QED) is 0.772. The third-order valence-corrected chi connectivity index (χ3v) is 3.05. The highest BCUT2D eigenvalue weighted by Crippen LogP contribution is 2.17. The first-order valence-electron chi connectivity index (χ1n) is 6.92. The lowest BCUT2D eigenvalue weighted by Gasteiger charge is -2.07. The van der Waals surface area contributed by atoms with E-state index in [4.69, 9.17) is 0 Å². The molecule has 23 heavy (non-hydrogen) atoms.